The maximum atomic E-state index is 12.7. The van der Waals surface area contributed by atoms with Crippen LogP contribution in [0.2, 0.25) is 0 Å². The number of aromatic nitrogens is 1. The second kappa shape index (κ2) is 5.79. The third-order valence-electron chi connectivity index (χ3n) is 3.77. The van der Waals surface area contributed by atoms with E-state index < -0.39 is 18.2 Å². The third-order valence-corrected chi connectivity index (χ3v) is 4.76. The molecule has 0 amide bonds. The Kier molecular flexibility index (Phi) is 4.50. The molecule has 1 fully saturated rings. The molecule has 1 aliphatic rings. The lowest BCUT2D eigenvalue weighted by Gasteiger charge is -2.33. The molecule has 0 saturated heterocycles. The predicted molar refractivity (Wildman–Crippen MR) is 68.1 cm³/mol. The van der Waals surface area contributed by atoms with Crippen molar-refractivity contribution in [2.24, 2.45) is 11.8 Å². The van der Waals surface area contributed by atoms with Gasteiger partial charge in [-0.2, -0.15) is 13.2 Å². The maximum Gasteiger partial charge on any atom is 0.391 e. The van der Waals surface area contributed by atoms with Gasteiger partial charge in [-0.3, -0.25) is 0 Å². The summed E-state index contributed by atoms with van der Waals surface area (Å²) in [5.74, 6) is -1.51. The summed E-state index contributed by atoms with van der Waals surface area (Å²) in [5.41, 5.74) is 0.893. The third kappa shape index (κ3) is 3.92. The van der Waals surface area contributed by atoms with E-state index in [1.54, 1.807) is 0 Å². The van der Waals surface area contributed by atoms with E-state index in [1.807, 2.05) is 12.3 Å². The van der Waals surface area contributed by atoms with Crippen molar-refractivity contribution in [1.29, 1.82) is 0 Å². The summed E-state index contributed by atoms with van der Waals surface area (Å²) in [6, 6.07) is 0. The molecule has 1 aliphatic carbocycles. The Labute approximate surface area is 114 Å². The van der Waals surface area contributed by atoms with E-state index in [9.17, 15) is 18.3 Å². The number of halogens is 3. The van der Waals surface area contributed by atoms with Crippen LogP contribution < -0.4 is 0 Å². The van der Waals surface area contributed by atoms with Crippen molar-refractivity contribution in [3.05, 3.63) is 16.1 Å². The van der Waals surface area contributed by atoms with Gasteiger partial charge in [-0.1, -0.05) is 6.42 Å². The largest absolute Gasteiger partial charge is 0.392 e. The van der Waals surface area contributed by atoms with Crippen molar-refractivity contribution >= 4 is 11.3 Å². The fourth-order valence-corrected chi connectivity index (χ4v) is 3.54. The highest BCUT2D eigenvalue weighted by Crippen LogP contribution is 2.41. The second-order valence-corrected chi connectivity index (χ2v) is 6.26. The summed E-state index contributed by atoms with van der Waals surface area (Å²) in [4.78, 5) is 4.25. The molecule has 3 unspecified atom stereocenters. The molecule has 0 spiro atoms. The van der Waals surface area contributed by atoms with Gasteiger partial charge in [0.25, 0.3) is 0 Å². The van der Waals surface area contributed by atoms with Gasteiger partial charge < -0.3 is 5.11 Å². The van der Waals surface area contributed by atoms with Crippen molar-refractivity contribution in [3.8, 4) is 0 Å². The van der Waals surface area contributed by atoms with Crippen LogP contribution in [0.3, 0.4) is 0 Å². The Morgan fingerprint density at radius 2 is 2.21 bits per heavy atom. The summed E-state index contributed by atoms with van der Waals surface area (Å²) in [6.07, 6.45) is -3.00. The first-order chi connectivity index (χ1) is 8.86. The Hall–Kier alpha value is -0.620. The van der Waals surface area contributed by atoms with E-state index in [-0.39, 0.29) is 18.8 Å². The van der Waals surface area contributed by atoms with E-state index >= 15 is 0 Å². The fourth-order valence-electron chi connectivity index (χ4n) is 2.72. The topological polar surface area (TPSA) is 33.1 Å². The Morgan fingerprint density at radius 3 is 2.79 bits per heavy atom. The SMILES string of the molecule is Cc1csc(CC(O)C2CCCC(C(F)(F)F)C2)n1. The molecule has 2 rings (SSSR count). The van der Waals surface area contributed by atoms with Crippen LogP contribution in [-0.4, -0.2) is 22.4 Å². The number of thiazole rings is 1. The Bertz CT molecular complexity index is 418. The highest BCUT2D eigenvalue weighted by Gasteiger charge is 2.43. The first-order valence-corrected chi connectivity index (χ1v) is 7.40. The van der Waals surface area contributed by atoms with Gasteiger partial charge in [0.05, 0.1) is 17.0 Å². The number of alkyl halides is 3. The molecule has 1 N–H and O–H groups in total. The zero-order valence-corrected chi connectivity index (χ0v) is 11.6. The van der Waals surface area contributed by atoms with Crippen LogP contribution >= 0.6 is 11.3 Å². The van der Waals surface area contributed by atoms with Gasteiger partial charge in [-0.15, -0.1) is 11.3 Å². The second-order valence-electron chi connectivity index (χ2n) is 5.32. The quantitative estimate of drug-likeness (QED) is 0.921. The van der Waals surface area contributed by atoms with Crippen molar-refractivity contribution in [3.63, 3.8) is 0 Å². The number of rotatable bonds is 3. The molecular weight excluding hydrogens is 275 g/mol. The number of hydrogen-bond donors (Lipinski definition) is 1. The normalized spacial score (nSPS) is 26.4. The zero-order chi connectivity index (χ0) is 14.0. The van der Waals surface area contributed by atoms with Crippen LogP contribution in [0.1, 0.15) is 36.4 Å². The molecule has 0 bridgehead atoms. The molecule has 1 aromatic heterocycles. The van der Waals surface area contributed by atoms with E-state index in [4.69, 9.17) is 0 Å². The summed E-state index contributed by atoms with van der Waals surface area (Å²) >= 11 is 1.45. The van der Waals surface area contributed by atoms with Crippen molar-refractivity contribution in [2.45, 2.75) is 51.3 Å². The maximum absolute atomic E-state index is 12.7. The minimum absolute atomic E-state index is 0.0506. The van der Waals surface area contributed by atoms with Crippen LogP contribution in [0.15, 0.2) is 5.38 Å². The predicted octanol–water partition coefficient (Wildman–Crippen LogP) is 3.72. The first-order valence-electron chi connectivity index (χ1n) is 6.52. The summed E-state index contributed by atoms with van der Waals surface area (Å²) in [5, 5.41) is 12.8. The number of hydrogen-bond acceptors (Lipinski definition) is 3. The molecule has 0 aromatic carbocycles. The lowest BCUT2D eigenvalue weighted by molar-refractivity contribution is -0.188. The van der Waals surface area contributed by atoms with E-state index in [1.165, 1.54) is 11.3 Å². The van der Waals surface area contributed by atoms with Crippen molar-refractivity contribution in [1.82, 2.24) is 4.98 Å². The number of nitrogens with zero attached hydrogens (tertiary/aromatic N) is 1. The molecule has 1 saturated carbocycles. The smallest absolute Gasteiger partial charge is 0.391 e. The Balaban J connectivity index is 1.93. The number of aliphatic hydroxyl groups excluding tert-OH is 1. The minimum Gasteiger partial charge on any atom is -0.392 e. The van der Waals surface area contributed by atoms with Gasteiger partial charge in [0, 0.05) is 17.5 Å². The van der Waals surface area contributed by atoms with Crippen LogP contribution in [0.4, 0.5) is 13.2 Å². The molecule has 3 atom stereocenters. The van der Waals surface area contributed by atoms with Gasteiger partial charge in [-0.25, -0.2) is 4.98 Å². The lowest BCUT2D eigenvalue weighted by Crippen LogP contribution is -2.34. The van der Waals surface area contributed by atoms with Gasteiger partial charge in [0.2, 0.25) is 0 Å². The average Bonchev–Trinajstić information content (AvgIpc) is 2.74. The van der Waals surface area contributed by atoms with Gasteiger partial charge in [0.15, 0.2) is 0 Å². The molecule has 0 radical (unpaired) electrons. The molecule has 2 nitrogen and oxygen atoms in total. The van der Waals surface area contributed by atoms with E-state index in [2.05, 4.69) is 4.98 Å². The van der Waals surface area contributed by atoms with Gasteiger partial charge in [0.1, 0.15) is 0 Å². The summed E-state index contributed by atoms with van der Waals surface area (Å²) < 4.78 is 38.1. The molecule has 108 valence electrons. The fraction of sp³-hybridized carbons (Fsp3) is 0.769. The van der Waals surface area contributed by atoms with Crippen LogP contribution in [0, 0.1) is 18.8 Å². The van der Waals surface area contributed by atoms with E-state index in [0.717, 1.165) is 10.7 Å². The van der Waals surface area contributed by atoms with E-state index in [0.29, 0.717) is 19.3 Å². The first kappa shape index (κ1) is 14.8. The molecule has 19 heavy (non-hydrogen) atoms. The highest BCUT2D eigenvalue weighted by molar-refractivity contribution is 7.09. The average molecular weight is 293 g/mol. The van der Waals surface area contributed by atoms with Crippen molar-refractivity contribution in [2.75, 3.05) is 0 Å². The molecule has 0 aliphatic heterocycles. The Morgan fingerprint density at radius 1 is 1.47 bits per heavy atom. The molecule has 1 heterocycles. The highest BCUT2D eigenvalue weighted by atomic mass is 32.1. The van der Waals surface area contributed by atoms with Gasteiger partial charge >= 0.3 is 6.18 Å². The molecule has 6 heteroatoms. The summed E-state index contributed by atoms with van der Waals surface area (Å²) in [7, 11) is 0. The van der Waals surface area contributed by atoms with Gasteiger partial charge in [-0.05, 0) is 32.1 Å². The van der Waals surface area contributed by atoms with Crippen molar-refractivity contribution < 1.29 is 18.3 Å². The zero-order valence-electron chi connectivity index (χ0n) is 10.8. The minimum atomic E-state index is -4.13. The monoisotopic (exact) mass is 293 g/mol. The number of aryl methyl sites for hydroxylation is 1. The molecule has 1 aromatic rings. The van der Waals surface area contributed by atoms with Crippen LogP contribution in [0.5, 0.6) is 0 Å². The van der Waals surface area contributed by atoms with Crippen LogP contribution in [-0.2, 0) is 6.42 Å². The number of aliphatic hydroxyl groups is 1. The van der Waals surface area contributed by atoms with Crippen LogP contribution in [0.25, 0.3) is 0 Å². The summed E-state index contributed by atoms with van der Waals surface area (Å²) in [6.45, 7) is 1.87. The lowest BCUT2D eigenvalue weighted by atomic mass is 9.78. The standard InChI is InChI=1S/C13H18F3NOS/c1-8-7-19-12(17-8)6-11(18)9-3-2-4-10(5-9)13(14,15)16/h7,9-11,18H,2-6H2,1H3. The molecular formula is C13H18F3NOS.